The number of aromatic nitrogens is 2. The summed E-state index contributed by atoms with van der Waals surface area (Å²) in [7, 11) is 0. The molecule has 0 atom stereocenters. The number of fused-ring (bicyclic) bond motifs is 1. The average molecular weight is 301 g/mol. The summed E-state index contributed by atoms with van der Waals surface area (Å²) >= 11 is 5.93. The summed E-state index contributed by atoms with van der Waals surface area (Å²) in [5.41, 5.74) is 3.17. The van der Waals surface area contributed by atoms with E-state index in [0.717, 1.165) is 35.0 Å². The van der Waals surface area contributed by atoms with E-state index in [1.165, 1.54) is 0 Å². The van der Waals surface area contributed by atoms with Gasteiger partial charge >= 0.3 is 0 Å². The Morgan fingerprint density at radius 3 is 2.89 bits per heavy atom. The van der Waals surface area contributed by atoms with Crippen molar-refractivity contribution in [1.82, 2.24) is 9.55 Å². The molecule has 0 saturated carbocycles. The maximum atomic E-state index is 5.93. The Kier molecular flexibility index (Phi) is 4.22. The van der Waals surface area contributed by atoms with Gasteiger partial charge in [-0.05, 0) is 24.6 Å². The minimum atomic E-state index is 0. The lowest BCUT2D eigenvalue weighted by Gasteiger charge is -2.07. The summed E-state index contributed by atoms with van der Waals surface area (Å²) < 4.78 is 12.7. The molecule has 19 heavy (non-hydrogen) atoms. The molecule has 0 N–H and O–H groups in total. The molecule has 1 aliphatic heterocycles. The van der Waals surface area contributed by atoms with Crippen molar-refractivity contribution in [3.63, 3.8) is 0 Å². The lowest BCUT2D eigenvalue weighted by molar-refractivity contribution is 0.174. The highest BCUT2D eigenvalue weighted by molar-refractivity contribution is 6.17. The van der Waals surface area contributed by atoms with Crippen molar-refractivity contribution < 1.29 is 9.47 Å². The average Bonchev–Trinajstić information content (AvgIpc) is 2.96. The highest BCUT2D eigenvalue weighted by Crippen LogP contribution is 2.32. The maximum Gasteiger partial charge on any atom is 0.231 e. The Balaban J connectivity index is 0.00000133. The molecule has 0 radical (unpaired) electrons. The Morgan fingerprint density at radius 1 is 1.32 bits per heavy atom. The van der Waals surface area contributed by atoms with Crippen molar-refractivity contribution >= 4 is 24.0 Å². The van der Waals surface area contributed by atoms with Crippen LogP contribution in [0.25, 0.3) is 0 Å². The first kappa shape index (κ1) is 14.0. The van der Waals surface area contributed by atoms with Crippen LogP contribution in [0.4, 0.5) is 0 Å². The number of imidazole rings is 1. The van der Waals surface area contributed by atoms with Gasteiger partial charge in [-0.15, -0.1) is 24.0 Å². The summed E-state index contributed by atoms with van der Waals surface area (Å²) in [6.45, 7) is 3.00. The molecule has 1 aliphatic rings. The molecule has 2 heterocycles. The summed E-state index contributed by atoms with van der Waals surface area (Å²) in [4.78, 5) is 4.28. The van der Waals surface area contributed by atoms with Crippen molar-refractivity contribution in [3.8, 4) is 11.5 Å². The second-order valence-electron chi connectivity index (χ2n) is 4.23. The fourth-order valence-electron chi connectivity index (χ4n) is 2.05. The van der Waals surface area contributed by atoms with E-state index in [2.05, 4.69) is 9.55 Å². The van der Waals surface area contributed by atoms with Crippen molar-refractivity contribution in [2.24, 2.45) is 0 Å². The van der Waals surface area contributed by atoms with Crippen LogP contribution in [0.15, 0.2) is 24.5 Å². The van der Waals surface area contributed by atoms with E-state index in [-0.39, 0.29) is 12.4 Å². The highest BCUT2D eigenvalue weighted by atomic mass is 35.5. The lowest BCUT2D eigenvalue weighted by atomic mass is 10.2. The predicted octanol–water partition coefficient (Wildman–Crippen LogP) is 3.13. The van der Waals surface area contributed by atoms with Gasteiger partial charge < -0.3 is 14.0 Å². The van der Waals surface area contributed by atoms with Crippen LogP contribution in [-0.4, -0.2) is 16.3 Å². The van der Waals surface area contributed by atoms with Crippen LogP contribution in [0.2, 0.25) is 0 Å². The standard InChI is InChI=1S/C13H13ClN2O2.ClH/c1-9-11(5-14)16(7-15-9)6-10-2-3-12-13(4-10)18-8-17-12;/h2-4,7H,5-6,8H2,1H3;1H. The zero-order valence-electron chi connectivity index (χ0n) is 10.4. The first-order valence-corrected chi connectivity index (χ1v) is 6.26. The van der Waals surface area contributed by atoms with E-state index in [9.17, 15) is 0 Å². The van der Waals surface area contributed by atoms with Crippen molar-refractivity contribution in [2.45, 2.75) is 19.3 Å². The van der Waals surface area contributed by atoms with Gasteiger partial charge in [0, 0.05) is 6.54 Å². The first-order chi connectivity index (χ1) is 8.78. The zero-order valence-corrected chi connectivity index (χ0v) is 12.0. The Labute approximate surface area is 122 Å². The topological polar surface area (TPSA) is 36.3 Å². The van der Waals surface area contributed by atoms with Gasteiger partial charge in [0.25, 0.3) is 0 Å². The number of rotatable bonds is 3. The summed E-state index contributed by atoms with van der Waals surface area (Å²) in [5.74, 6) is 2.08. The van der Waals surface area contributed by atoms with Crippen LogP contribution in [0.1, 0.15) is 17.0 Å². The summed E-state index contributed by atoms with van der Waals surface area (Å²) in [6, 6.07) is 5.96. The van der Waals surface area contributed by atoms with Crippen LogP contribution in [0, 0.1) is 6.92 Å². The quantitative estimate of drug-likeness (QED) is 0.817. The van der Waals surface area contributed by atoms with Gasteiger partial charge in [-0.25, -0.2) is 4.98 Å². The molecule has 0 fully saturated rings. The van der Waals surface area contributed by atoms with Crippen molar-refractivity contribution in [2.75, 3.05) is 6.79 Å². The minimum absolute atomic E-state index is 0. The summed E-state index contributed by atoms with van der Waals surface area (Å²) in [5, 5.41) is 0. The van der Waals surface area contributed by atoms with E-state index in [0.29, 0.717) is 12.7 Å². The second-order valence-corrected chi connectivity index (χ2v) is 4.49. The smallest absolute Gasteiger partial charge is 0.231 e. The molecule has 1 aromatic heterocycles. The number of nitrogens with zero attached hydrogens (tertiary/aromatic N) is 2. The van der Waals surface area contributed by atoms with Gasteiger partial charge in [-0.2, -0.15) is 0 Å². The van der Waals surface area contributed by atoms with Gasteiger partial charge in [0.1, 0.15) is 0 Å². The van der Waals surface area contributed by atoms with Crippen molar-refractivity contribution in [3.05, 3.63) is 41.5 Å². The second kappa shape index (κ2) is 5.72. The van der Waals surface area contributed by atoms with Gasteiger partial charge in [-0.1, -0.05) is 6.07 Å². The molecule has 1 aromatic carbocycles. The van der Waals surface area contributed by atoms with E-state index in [4.69, 9.17) is 21.1 Å². The molecule has 4 nitrogen and oxygen atoms in total. The van der Waals surface area contributed by atoms with Crippen LogP contribution in [0.3, 0.4) is 0 Å². The molecule has 0 saturated heterocycles. The van der Waals surface area contributed by atoms with Gasteiger partial charge in [0.15, 0.2) is 11.5 Å². The van der Waals surface area contributed by atoms with Crippen molar-refractivity contribution in [1.29, 1.82) is 0 Å². The number of hydrogen-bond donors (Lipinski definition) is 0. The van der Waals surface area contributed by atoms with E-state index in [1.54, 1.807) is 0 Å². The Morgan fingerprint density at radius 2 is 2.11 bits per heavy atom. The summed E-state index contributed by atoms with van der Waals surface area (Å²) in [6.07, 6.45) is 1.82. The third-order valence-electron chi connectivity index (χ3n) is 3.07. The molecule has 102 valence electrons. The van der Waals surface area contributed by atoms with Crippen LogP contribution >= 0.6 is 24.0 Å². The molecule has 0 unspecified atom stereocenters. The number of aryl methyl sites for hydroxylation is 1. The van der Waals surface area contributed by atoms with Gasteiger partial charge in [0.2, 0.25) is 6.79 Å². The number of hydrogen-bond acceptors (Lipinski definition) is 3. The fourth-order valence-corrected chi connectivity index (χ4v) is 2.40. The number of halogens is 2. The van der Waals surface area contributed by atoms with Crippen LogP contribution in [-0.2, 0) is 12.4 Å². The third kappa shape index (κ3) is 2.65. The molecule has 0 aliphatic carbocycles. The number of ether oxygens (including phenoxy) is 2. The molecule has 0 amide bonds. The molecule has 3 rings (SSSR count). The SMILES string of the molecule is Cc1ncn(Cc2ccc3c(c2)OCO3)c1CCl.Cl. The first-order valence-electron chi connectivity index (χ1n) is 5.73. The Bertz CT molecular complexity index is 584. The largest absolute Gasteiger partial charge is 0.454 e. The molecule has 2 aromatic rings. The predicted molar refractivity (Wildman–Crippen MR) is 75.4 cm³/mol. The fraction of sp³-hybridized carbons (Fsp3) is 0.308. The molecular weight excluding hydrogens is 287 g/mol. The van der Waals surface area contributed by atoms with Crippen LogP contribution in [0.5, 0.6) is 11.5 Å². The molecule has 6 heteroatoms. The minimum Gasteiger partial charge on any atom is -0.454 e. The van der Waals surface area contributed by atoms with Gasteiger partial charge in [-0.3, -0.25) is 0 Å². The third-order valence-corrected chi connectivity index (χ3v) is 3.32. The number of alkyl halides is 1. The van der Waals surface area contributed by atoms with E-state index in [1.807, 2.05) is 31.5 Å². The normalized spacial score (nSPS) is 12.3. The molecular formula is C13H14Cl2N2O2. The molecule has 0 bridgehead atoms. The number of benzene rings is 1. The monoisotopic (exact) mass is 300 g/mol. The lowest BCUT2D eigenvalue weighted by Crippen LogP contribution is -2.02. The van der Waals surface area contributed by atoms with E-state index < -0.39 is 0 Å². The Hall–Kier alpha value is -1.39. The van der Waals surface area contributed by atoms with Gasteiger partial charge in [0.05, 0.1) is 23.6 Å². The molecule has 0 spiro atoms. The highest BCUT2D eigenvalue weighted by Gasteiger charge is 2.14. The maximum absolute atomic E-state index is 5.93. The van der Waals surface area contributed by atoms with E-state index >= 15 is 0 Å². The van der Waals surface area contributed by atoms with Crippen LogP contribution < -0.4 is 9.47 Å². The zero-order chi connectivity index (χ0) is 12.5.